The van der Waals surface area contributed by atoms with Gasteiger partial charge < -0.3 is 14.6 Å². The summed E-state index contributed by atoms with van der Waals surface area (Å²) in [7, 11) is 0.264. The van der Waals surface area contributed by atoms with E-state index in [2.05, 4.69) is 9.97 Å². The number of thiazole rings is 1. The summed E-state index contributed by atoms with van der Waals surface area (Å²) in [5.41, 5.74) is 3.32. The van der Waals surface area contributed by atoms with Gasteiger partial charge in [0.1, 0.15) is 5.01 Å². The number of nitrogens with zero attached hydrogens (tertiary/aromatic N) is 2. The third-order valence-electron chi connectivity index (χ3n) is 6.98. The molecule has 1 atom stereocenters. The van der Waals surface area contributed by atoms with Crippen LogP contribution in [-0.4, -0.2) is 61.8 Å². The molecule has 9 heteroatoms. The van der Waals surface area contributed by atoms with Crippen LogP contribution in [0.15, 0.2) is 46.8 Å². The summed E-state index contributed by atoms with van der Waals surface area (Å²) in [5, 5.41) is 2.52. The van der Waals surface area contributed by atoms with Crippen LogP contribution in [-0.2, 0) is 14.6 Å². The van der Waals surface area contributed by atoms with Gasteiger partial charge in [0, 0.05) is 50.5 Å². The first kappa shape index (κ1) is 24.2. The number of sulfone groups is 1. The van der Waals surface area contributed by atoms with Crippen molar-refractivity contribution < 1.29 is 17.9 Å². The van der Waals surface area contributed by atoms with Crippen molar-refractivity contribution in [1.29, 1.82) is 0 Å². The lowest BCUT2D eigenvalue weighted by molar-refractivity contribution is 0.0625. The number of carbonyl (C=O) groups excluding carboxylic acids is 1. The fraction of sp³-hybridized carbons (Fsp3) is 0.462. The number of benzene rings is 1. The Balaban J connectivity index is 1.57. The molecule has 1 N–H and O–H groups in total. The predicted molar refractivity (Wildman–Crippen MR) is 137 cm³/mol. The van der Waals surface area contributed by atoms with Crippen molar-refractivity contribution in [2.24, 2.45) is 5.92 Å². The van der Waals surface area contributed by atoms with Crippen LogP contribution in [0.25, 0.3) is 10.7 Å². The third-order valence-corrected chi connectivity index (χ3v) is 10.1. The Labute approximate surface area is 210 Å². The van der Waals surface area contributed by atoms with Gasteiger partial charge in [0.25, 0.3) is 5.91 Å². The van der Waals surface area contributed by atoms with E-state index in [9.17, 15) is 13.2 Å². The fourth-order valence-corrected chi connectivity index (χ4v) is 7.10. The molecule has 1 saturated heterocycles. The Morgan fingerprint density at radius 1 is 1.17 bits per heavy atom. The minimum absolute atomic E-state index is 0.0658. The molecule has 0 bridgehead atoms. The smallest absolute Gasteiger partial charge is 0.255 e. The van der Waals surface area contributed by atoms with Crippen molar-refractivity contribution in [2.45, 2.75) is 48.2 Å². The molecular formula is C26H31N3O4S2. The van der Waals surface area contributed by atoms with Crippen LogP contribution in [0.3, 0.4) is 0 Å². The number of rotatable bonds is 8. The molecule has 1 aliphatic carbocycles. The minimum atomic E-state index is -3.25. The Morgan fingerprint density at radius 3 is 2.49 bits per heavy atom. The summed E-state index contributed by atoms with van der Waals surface area (Å²) in [6, 6.07) is 9.22. The molecule has 3 aromatic rings. The van der Waals surface area contributed by atoms with Gasteiger partial charge in [-0.1, -0.05) is 12.1 Å². The maximum absolute atomic E-state index is 13.2. The number of nitrogens with one attached hydrogen (secondary N) is 1. The van der Waals surface area contributed by atoms with Gasteiger partial charge in [-0.05, 0) is 61.8 Å². The summed E-state index contributed by atoms with van der Waals surface area (Å²) in [6.45, 7) is 1.49. The average molecular weight is 514 g/mol. The maximum Gasteiger partial charge on any atom is 0.255 e. The summed E-state index contributed by atoms with van der Waals surface area (Å²) in [4.78, 5) is 23.2. The number of hydrogen-bond donors (Lipinski definition) is 1. The van der Waals surface area contributed by atoms with Crippen molar-refractivity contribution in [3.63, 3.8) is 0 Å². The highest BCUT2D eigenvalue weighted by Gasteiger charge is 2.37. The molecule has 1 unspecified atom stereocenters. The summed E-state index contributed by atoms with van der Waals surface area (Å²) in [6.07, 6.45) is 6.04. The van der Waals surface area contributed by atoms with Gasteiger partial charge in [0.2, 0.25) is 0 Å². The van der Waals surface area contributed by atoms with E-state index < -0.39 is 9.84 Å². The number of hydrogen-bond acceptors (Lipinski definition) is 6. The SMILES string of the molecule is CN(C)C(=O)c1cc(-c2nccs2)[nH]c1C(CC1CCOCC1)c1ccc(S(=O)(=O)C2CC2)cc1. The molecule has 35 heavy (non-hydrogen) atoms. The minimum Gasteiger partial charge on any atom is -0.381 e. The number of aromatic nitrogens is 2. The summed E-state index contributed by atoms with van der Waals surface area (Å²) < 4.78 is 31.1. The number of H-pyrrole nitrogens is 1. The van der Waals surface area contributed by atoms with E-state index >= 15 is 0 Å². The van der Waals surface area contributed by atoms with Gasteiger partial charge in [0.15, 0.2) is 9.84 Å². The van der Waals surface area contributed by atoms with E-state index in [0.29, 0.717) is 16.4 Å². The van der Waals surface area contributed by atoms with Crippen LogP contribution in [0.5, 0.6) is 0 Å². The zero-order valence-corrected chi connectivity index (χ0v) is 21.7. The average Bonchev–Trinajstić information content (AvgIpc) is 3.42. The number of amides is 1. The molecule has 2 aliphatic rings. The van der Waals surface area contributed by atoms with Crippen LogP contribution in [0.1, 0.15) is 59.6 Å². The highest BCUT2D eigenvalue weighted by Crippen LogP contribution is 2.39. The van der Waals surface area contributed by atoms with Gasteiger partial charge in [-0.15, -0.1) is 11.3 Å². The predicted octanol–water partition coefficient (Wildman–Crippen LogP) is 4.72. The standard InChI is InChI=1S/C26H31N3O4S2/c1-29(2)26(30)22-16-23(25-27-11-14-34-25)28-24(22)21(15-17-9-12-33-13-10-17)18-3-5-19(6-4-18)35(31,32)20-7-8-20/h3-6,11,14,16-17,20-21,28H,7-10,12-13,15H2,1-2H3. The second kappa shape index (κ2) is 9.87. The molecule has 7 nitrogen and oxygen atoms in total. The van der Waals surface area contributed by atoms with Crippen LogP contribution in [0, 0.1) is 5.92 Å². The van der Waals surface area contributed by atoms with Gasteiger partial charge >= 0.3 is 0 Å². The van der Waals surface area contributed by atoms with E-state index in [1.165, 1.54) is 11.3 Å². The highest BCUT2D eigenvalue weighted by atomic mass is 32.2. The van der Waals surface area contributed by atoms with Crippen molar-refractivity contribution in [2.75, 3.05) is 27.3 Å². The molecule has 1 saturated carbocycles. The Hall–Kier alpha value is -2.49. The van der Waals surface area contributed by atoms with Crippen molar-refractivity contribution >= 4 is 27.1 Å². The lowest BCUT2D eigenvalue weighted by Gasteiger charge is -2.27. The molecule has 0 radical (unpaired) electrons. The first-order valence-corrected chi connectivity index (χ1v) is 14.5. The zero-order valence-electron chi connectivity index (χ0n) is 20.1. The molecule has 1 aromatic carbocycles. The maximum atomic E-state index is 13.2. The molecule has 1 amide bonds. The van der Waals surface area contributed by atoms with Crippen molar-refractivity contribution in [1.82, 2.24) is 14.9 Å². The summed E-state index contributed by atoms with van der Waals surface area (Å²) >= 11 is 1.52. The van der Waals surface area contributed by atoms with Gasteiger partial charge in [0.05, 0.1) is 21.4 Å². The first-order chi connectivity index (χ1) is 16.8. The second-order valence-electron chi connectivity index (χ2n) is 9.70. The zero-order chi connectivity index (χ0) is 24.6. The normalized spacial score (nSPS) is 17.9. The lowest BCUT2D eigenvalue weighted by Crippen LogP contribution is -2.24. The Morgan fingerprint density at radius 2 is 1.89 bits per heavy atom. The van der Waals surface area contributed by atoms with Gasteiger partial charge in [-0.3, -0.25) is 4.79 Å². The van der Waals surface area contributed by atoms with E-state index in [1.807, 2.05) is 23.6 Å². The Bertz CT molecular complexity index is 1270. The quantitative estimate of drug-likeness (QED) is 0.470. The van der Waals surface area contributed by atoms with Gasteiger partial charge in [-0.25, -0.2) is 13.4 Å². The molecule has 1 aliphatic heterocycles. The fourth-order valence-electron chi connectivity index (χ4n) is 4.83. The largest absolute Gasteiger partial charge is 0.381 e. The number of aromatic amines is 1. The van der Waals surface area contributed by atoms with Crippen LogP contribution in [0.2, 0.25) is 0 Å². The topological polar surface area (TPSA) is 92.4 Å². The van der Waals surface area contributed by atoms with Crippen LogP contribution in [0.4, 0.5) is 0 Å². The second-order valence-corrected chi connectivity index (χ2v) is 12.8. The molecular weight excluding hydrogens is 482 g/mol. The van der Waals surface area contributed by atoms with E-state index in [-0.39, 0.29) is 17.1 Å². The number of ether oxygens (including phenoxy) is 1. The van der Waals surface area contributed by atoms with E-state index in [0.717, 1.165) is 67.3 Å². The molecule has 5 rings (SSSR count). The molecule has 2 aromatic heterocycles. The van der Waals surface area contributed by atoms with E-state index in [4.69, 9.17) is 4.74 Å². The van der Waals surface area contributed by atoms with E-state index in [1.54, 1.807) is 37.3 Å². The van der Waals surface area contributed by atoms with Crippen molar-refractivity contribution in [3.05, 3.63) is 58.7 Å². The van der Waals surface area contributed by atoms with Crippen LogP contribution < -0.4 is 0 Å². The highest BCUT2D eigenvalue weighted by molar-refractivity contribution is 7.92. The molecule has 3 heterocycles. The molecule has 2 fully saturated rings. The van der Waals surface area contributed by atoms with Crippen molar-refractivity contribution in [3.8, 4) is 10.7 Å². The molecule has 186 valence electrons. The Kier molecular flexibility index (Phi) is 6.83. The lowest BCUT2D eigenvalue weighted by atomic mass is 9.82. The summed E-state index contributed by atoms with van der Waals surface area (Å²) in [5.74, 6) is 0.310. The molecule has 0 spiro atoms. The number of carbonyl (C=O) groups is 1. The monoisotopic (exact) mass is 513 g/mol. The first-order valence-electron chi connectivity index (χ1n) is 12.1. The van der Waals surface area contributed by atoms with Gasteiger partial charge in [-0.2, -0.15) is 0 Å². The van der Waals surface area contributed by atoms with Crippen LogP contribution >= 0.6 is 11.3 Å². The third kappa shape index (κ3) is 5.08.